The van der Waals surface area contributed by atoms with Crippen LogP contribution in [0.5, 0.6) is 11.5 Å². The van der Waals surface area contributed by atoms with Gasteiger partial charge in [-0.3, -0.25) is 0 Å². The third-order valence-electron chi connectivity index (χ3n) is 4.04. The Kier molecular flexibility index (Phi) is 8.40. The van der Waals surface area contributed by atoms with Crippen molar-refractivity contribution >= 4 is 0 Å². The first-order valence-electron chi connectivity index (χ1n) is 9.49. The Labute approximate surface area is 166 Å². The molecule has 4 heteroatoms. The molecule has 0 fully saturated rings. The predicted octanol–water partition coefficient (Wildman–Crippen LogP) is 4.88. The van der Waals surface area contributed by atoms with E-state index in [0.717, 1.165) is 22.6 Å². The van der Waals surface area contributed by atoms with Gasteiger partial charge in [0.05, 0.1) is 26.4 Å². The Balaban J connectivity index is 1.25. The van der Waals surface area contributed by atoms with Gasteiger partial charge in [0.1, 0.15) is 24.7 Å². The molecule has 0 spiro atoms. The number of hydrogen-bond donors (Lipinski definition) is 0. The molecule has 0 heterocycles. The molecule has 0 radical (unpaired) electrons. The second kappa shape index (κ2) is 11.8. The van der Waals surface area contributed by atoms with Gasteiger partial charge < -0.3 is 18.9 Å². The van der Waals surface area contributed by atoms with E-state index in [4.69, 9.17) is 18.9 Å². The van der Waals surface area contributed by atoms with Crippen LogP contribution in [0.2, 0.25) is 0 Å². The molecule has 0 unspecified atom stereocenters. The molecule has 0 saturated carbocycles. The topological polar surface area (TPSA) is 36.9 Å². The fourth-order valence-electron chi connectivity index (χ4n) is 2.58. The summed E-state index contributed by atoms with van der Waals surface area (Å²) >= 11 is 0. The number of benzene rings is 3. The highest BCUT2D eigenvalue weighted by molar-refractivity contribution is 5.22. The molecule has 0 aliphatic carbocycles. The van der Waals surface area contributed by atoms with Crippen LogP contribution in [0.3, 0.4) is 0 Å². The van der Waals surface area contributed by atoms with Crippen molar-refractivity contribution in [3.05, 3.63) is 96.1 Å². The van der Waals surface area contributed by atoms with E-state index in [0.29, 0.717) is 39.6 Å². The molecule has 0 aromatic heterocycles. The van der Waals surface area contributed by atoms with Crippen molar-refractivity contribution in [1.82, 2.24) is 0 Å². The Morgan fingerprint density at radius 1 is 0.429 bits per heavy atom. The van der Waals surface area contributed by atoms with Gasteiger partial charge in [0.2, 0.25) is 0 Å². The maximum atomic E-state index is 5.66. The fourth-order valence-corrected chi connectivity index (χ4v) is 2.58. The molecule has 0 amide bonds. The monoisotopic (exact) mass is 378 g/mol. The average molecular weight is 378 g/mol. The Morgan fingerprint density at radius 2 is 0.821 bits per heavy atom. The summed E-state index contributed by atoms with van der Waals surface area (Å²) in [5.74, 6) is 1.73. The Hall–Kier alpha value is -2.82. The minimum Gasteiger partial charge on any atom is -0.491 e. The van der Waals surface area contributed by atoms with Crippen molar-refractivity contribution < 1.29 is 18.9 Å². The summed E-state index contributed by atoms with van der Waals surface area (Å²) in [5.41, 5.74) is 2.27. The fraction of sp³-hybridized carbons (Fsp3) is 0.250. The van der Waals surface area contributed by atoms with E-state index < -0.39 is 0 Å². The lowest BCUT2D eigenvalue weighted by atomic mass is 10.1. The van der Waals surface area contributed by atoms with Crippen LogP contribution in [0.4, 0.5) is 0 Å². The lowest BCUT2D eigenvalue weighted by molar-refractivity contribution is 0.0874. The molecule has 146 valence electrons. The number of rotatable bonds is 12. The van der Waals surface area contributed by atoms with Crippen LogP contribution in [-0.2, 0) is 22.7 Å². The van der Waals surface area contributed by atoms with Crippen molar-refractivity contribution in [2.75, 3.05) is 26.4 Å². The number of ether oxygens (including phenoxy) is 4. The van der Waals surface area contributed by atoms with Crippen LogP contribution in [0, 0.1) is 0 Å². The first-order chi connectivity index (χ1) is 13.9. The zero-order valence-electron chi connectivity index (χ0n) is 16.0. The maximum absolute atomic E-state index is 5.66. The molecule has 0 saturated heterocycles. The number of para-hydroxylation sites is 2. The summed E-state index contributed by atoms with van der Waals surface area (Å²) in [6.07, 6.45) is 0. The molecule has 3 rings (SSSR count). The summed E-state index contributed by atoms with van der Waals surface area (Å²) in [7, 11) is 0. The molecule has 4 nitrogen and oxygen atoms in total. The molecule has 0 atom stereocenters. The van der Waals surface area contributed by atoms with Crippen molar-refractivity contribution in [3.8, 4) is 11.5 Å². The minimum atomic E-state index is 0.543. The summed E-state index contributed by atoms with van der Waals surface area (Å²) in [4.78, 5) is 0. The first kappa shape index (κ1) is 19.9. The minimum absolute atomic E-state index is 0.543. The molecular weight excluding hydrogens is 352 g/mol. The van der Waals surface area contributed by atoms with Gasteiger partial charge in [0.15, 0.2) is 0 Å². The van der Waals surface area contributed by atoms with Crippen molar-refractivity contribution in [1.29, 1.82) is 0 Å². The second-order valence-electron chi connectivity index (χ2n) is 6.24. The summed E-state index contributed by atoms with van der Waals surface area (Å²) in [5, 5.41) is 0. The van der Waals surface area contributed by atoms with Crippen LogP contribution < -0.4 is 9.47 Å². The van der Waals surface area contributed by atoms with Crippen LogP contribution in [0.1, 0.15) is 11.1 Å². The molecule has 3 aromatic rings. The van der Waals surface area contributed by atoms with Crippen LogP contribution in [-0.4, -0.2) is 26.4 Å². The normalized spacial score (nSPS) is 10.6. The molecule has 0 aliphatic heterocycles. The van der Waals surface area contributed by atoms with Gasteiger partial charge in [0.25, 0.3) is 0 Å². The maximum Gasteiger partial charge on any atom is 0.119 e. The Morgan fingerprint density at radius 3 is 1.21 bits per heavy atom. The van der Waals surface area contributed by atoms with Crippen LogP contribution >= 0.6 is 0 Å². The highest BCUT2D eigenvalue weighted by Gasteiger charge is 1.98. The van der Waals surface area contributed by atoms with Crippen molar-refractivity contribution in [2.24, 2.45) is 0 Å². The third-order valence-corrected chi connectivity index (χ3v) is 4.04. The van der Waals surface area contributed by atoms with E-state index in [1.54, 1.807) is 0 Å². The summed E-state index contributed by atoms with van der Waals surface area (Å²) in [6, 6.07) is 27.8. The highest BCUT2D eigenvalue weighted by atomic mass is 16.5. The van der Waals surface area contributed by atoms with Gasteiger partial charge in [0, 0.05) is 0 Å². The van der Waals surface area contributed by atoms with E-state index >= 15 is 0 Å². The molecule has 0 N–H and O–H groups in total. The zero-order chi connectivity index (χ0) is 19.3. The lowest BCUT2D eigenvalue weighted by Crippen LogP contribution is -2.07. The van der Waals surface area contributed by atoms with Gasteiger partial charge in [-0.15, -0.1) is 0 Å². The standard InChI is InChI=1S/C24H26O4/c1-3-7-23(8-4-1)27-17-15-25-19-21-11-13-22(14-12-21)20-26-16-18-28-24-9-5-2-6-10-24/h1-14H,15-20H2. The van der Waals surface area contributed by atoms with E-state index in [9.17, 15) is 0 Å². The van der Waals surface area contributed by atoms with E-state index in [1.807, 2.05) is 60.7 Å². The van der Waals surface area contributed by atoms with E-state index in [-0.39, 0.29) is 0 Å². The van der Waals surface area contributed by atoms with E-state index in [2.05, 4.69) is 24.3 Å². The molecule has 3 aromatic carbocycles. The quantitative estimate of drug-likeness (QED) is 0.421. The molecule has 0 bridgehead atoms. The van der Waals surface area contributed by atoms with E-state index in [1.165, 1.54) is 0 Å². The summed E-state index contributed by atoms with van der Waals surface area (Å²) < 4.78 is 22.5. The van der Waals surface area contributed by atoms with Gasteiger partial charge in [-0.25, -0.2) is 0 Å². The van der Waals surface area contributed by atoms with Gasteiger partial charge >= 0.3 is 0 Å². The predicted molar refractivity (Wildman–Crippen MR) is 110 cm³/mol. The zero-order valence-corrected chi connectivity index (χ0v) is 16.0. The van der Waals surface area contributed by atoms with Gasteiger partial charge in [-0.2, -0.15) is 0 Å². The Bertz CT molecular complexity index is 704. The smallest absolute Gasteiger partial charge is 0.119 e. The SMILES string of the molecule is c1ccc(OCCOCc2ccc(COCCOc3ccccc3)cc2)cc1. The first-order valence-corrected chi connectivity index (χ1v) is 9.49. The number of hydrogen-bond acceptors (Lipinski definition) is 4. The average Bonchev–Trinajstić information content (AvgIpc) is 2.76. The largest absolute Gasteiger partial charge is 0.491 e. The molecular formula is C24H26O4. The van der Waals surface area contributed by atoms with Gasteiger partial charge in [-0.1, -0.05) is 60.7 Å². The third kappa shape index (κ3) is 7.43. The highest BCUT2D eigenvalue weighted by Crippen LogP contribution is 2.10. The second-order valence-corrected chi connectivity index (χ2v) is 6.24. The summed E-state index contributed by atoms with van der Waals surface area (Å²) in [6.45, 7) is 3.35. The van der Waals surface area contributed by atoms with Crippen LogP contribution in [0.15, 0.2) is 84.9 Å². The molecule has 28 heavy (non-hydrogen) atoms. The lowest BCUT2D eigenvalue weighted by Gasteiger charge is -2.09. The van der Waals surface area contributed by atoms with Crippen molar-refractivity contribution in [3.63, 3.8) is 0 Å². The van der Waals surface area contributed by atoms with Crippen LogP contribution in [0.25, 0.3) is 0 Å². The van der Waals surface area contributed by atoms with Crippen molar-refractivity contribution in [2.45, 2.75) is 13.2 Å². The van der Waals surface area contributed by atoms with Gasteiger partial charge in [-0.05, 0) is 35.4 Å². The molecule has 0 aliphatic rings.